The van der Waals surface area contributed by atoms with Gasteiger partial charge in [0.1, 0.15) is 12.4 Å². The fourth-order valence-corrected chi connectivity index (χ4v) is 3.54. The minimum absolute atomic E-state index is 0.0210. The molecule has 1 amide bonds. The Morgan fingerprint density at radius 1 is 1.37 bits per heavy atom. The Hall–Kier alpha value is -2.06. The van der Waals surface area contributed by atoms with Crippen molar-refractivity contribution >= 4 is 17.7 Å². The number of rotatable bonds is 9. The molecule has 0 radical (unpaired) electrons. The van der Waals surface area contributed by atoms with Crippen LogP contribution in [0.2, 0.25) is 0 Å². The lowest BCUT2D eigenvalue weighted by Gasteiger charge is -2.10. The third kappa shape index (κ3) is 5.71. The van der Waals surface area contributed by atoms with E-state index in [9.17, 15) is 4.79 Å². The molecule has 1 atom stereocenters. The van der Waals surface area contributed by atoms with Crippen molar-refractivity contribution in [1.29, 1.82) is 0 Å². The highest BCUT2D eigenvalue weighted by atomic mass is 32.2. The van der Waals surface area contributed by atoms with Crippen molar-refractivity contribution in [2.24, 2.45) is 7.05 Å². The van der Waals surface area contributed by atoms with Gasteiger partial charge < -0.3 is 19.4 Å². The number of nitrogens with one attached hydrogen (secondary N) is 1. The molecule has 0 unspecified atom stereocenters. The minimum atomic E-state index is -0.0210. The van der Waals surface area contributed by atoms with Crippen LogP contribution in [0.25, 0.3) is 0 Å². The molecular weight excluding hydrogens is 364 g/mol. The maximum atomic E-state index is 12.0. The molecule has 0 spiro atoms. The Morgan fingerprint density at radius 2 is 2.19 bits per heavy atom. The van der Waals surface area contributed by atoms with Gasteiger partial charge in [0, 0.05) is 20.2 Å². The number of carbonyl (C=O) groups is 1. The molecule has 27 heavy (non-hydrogen) atoms. The van der Waals surface area contributed by atoms with Gasteiger partial charge in [0.05, 0.1) is 11.9 Å². The quantitative estimate of drug-likeness (QED) is 0.662. The van der Waals surface area contributed by atoms with Crippen LogP contribution in [0.4, 0.5) is 0 Å². The van der Waals surface area contributed by atoms with Crippen LogP contribution < -0.4 is 10.1 Å². The van der Waals surface area contributed by atoms with Crippen molar-refractivity contribution in [2.75, 3.05) is 18.9 Å². The van der Waals surface area contributed by atoms with Gasteiger partial charge in [-0.25, -0.2) is 0 Å². The fraction of sp³-hybridized carbons (Fsp3) is 0.526. The Kier molecular flexibility index (Phi) is 7.11. The van der Waals surface area contributed by atoms with Gasteiger partial charge in [0.25, 0.3) is 0 Å². The Bertz CT molecular complexity index is 742. The van der Waals surface area contributed by atoms with Crippen LogP contribution in [0.1, 0.15) is 31.2 Å². The van der Waals surface area contributed by atoms with Crippen molar-refractivity contribution in [2.45, 2.75) is 44.1 Å². The number of aromatic nitrogens is 3. The largest absolute Gasteiger partial charge is 0.486 e. The van der Waals surface area contributed by atoms with Crippen LogP contribution in [0, 0.1) is 0 Å². The summed E-state index contributed by atoms with van der Waals surface area (Å²) in [6.07, 6.45) is 3.25. The van der Waals surface area contributed by atoms with Gasteiger partial charge in [0.2, 0.25) is 5.91 Å². The predicted octanol–water partition coefficient (Wildman–Crippen LogP) is 2.34. The molecule has 2 aromatic rings. The molecule has 8 heteroatoms. The molecule has 7 nitrogen and oxygen atoms in total. The van der Waals surface area contributed by atoms with E-state index >= 15 is 0 Å². The normalized spacial score (nSPS) is 16.4. The van der Waals surface area contributed by atoms with Crippen LogP contribution in [-0.2, 0) is 29.6 Å². The van der Waals surface area contributed by atoms with Crippen LogP contribution >= 0.6 is 11.8 Å². The smallest absolute Gasteiger partial charge is 0.230 e. The highest BCUT2D eigenvalue weighted by Crippen LogP contribution is 2.18. The van der Waals surface area contributed by atoms with E-state index in [1.807, 2.05) is 23.7 Å². The maximum Gasteiger partial charge on any atom is 0.230 e. The number of hydrogen-bond acceptors (Lipinski definition) is 6. The Morgan fingerprint density at radius 3 is 2.89 bits per heavy atom. The van der Waals surface area contributed by atoms with Crippen LogP contribution in [-0.4, -0.2) is 45.7 Å². The number of benzene rings is 1. The SMILES string of the molecule is CCc1ccc(OCc2nnc(SCC(=O)NC[C@@H]3CCCO3)n2C)cc1. The van der Waals surface area contributed by atoms with Gasteiger partial charge in [-0.05, 0) is 37.0 Å². The topological polar surface area (TPSA) is 78.3 Å². The molecule has 1 N–H and O–H groups in total. The van der Waals surface area contributed by atoms with Crippen LogP contribution in [0.5, 0.6) is 5.75 Å². The second-order valence-electron chi connectivity index (χ2n) is 6.47. The number of hydrogen-bond donors (Lipinski definition) is 1. The zero-order chi connectivity index (χ0) is 19.1. The van der Waals surface area contributed by atoms with E-state index in [1.54, 1.807) is 0 Å². The van der Waals surface area contributed by atoms with Gasteiger partial charge >= 0.3 is 0 Å². The molecule has 3 rings (SSSR count). The molecule has 0 aliphatic carbocycles. The summed E-state index contributed by atoms with van der Waals surface area (Å²) in [5.41, 5.74) is 1.28. The summed E-state index contributed by atoms with van der Waals surface area (Å²) < 4.78 is 13.1. The predicted molar refractivity (Wildman–Crippen MR) is 104 cm³/mol. The third-order valence-electron chi connectivity index (χ3n) is 4.51. The lowest BCUT2D eigenvalue weighted by molar-refractivity contribution is -0.119. The van der Waals surface area contributed by atoms with E-state index in [0.717, 1.165) is 37.4 Å². The van der Waals surface area contributed by atoms with Gasteiger partial charge in [0.15, 0.2) is 11.0 Å². The number of thioether (sulfide) groups is 1. The van der Waals surface area contributed by atoms with E-state index < -0.39 is 0 Å². The first-order valence-electron chi connectivity index (χ1n) is 9.26. The highest BCUT2D eigenvalue weighted by Gasteiger charge is 2.17. The molecule has 0 bridgehead atoms. The molecule has 1 aromatic carbocycles. The third-order valence-corrected chi connectivity index (χ3v) is 5.53. The summed E-state index contributed by atoms with van der Waals surface area (Å²) in [6, 6.07) is 8.04. The average molecular weight is 391 g/mol. The lowest BCUT2D eigenvalue weighted by Crippen LogP contribution is -2.32. The molecule has 1 aliphatic heterocycles. The fourth-order valence-electron chi connectivity index (χ4n) is 2.78. The number of ether oxygens (including phenoxy) is 2. The van der Waals surface area contributed by atoms with Gasteiger partial charge in [-0.15, -0.1) is 10.2 Å². The van der Waals surface area contributed by atoms with Gasteiger partial charge in [-0.2, -0.15) is 0 Å². The number of carbonyl (C=O) groups excluding carboxylic acids is 1. The van der Waals surface area contributed by atoms with Gasteiger partial charge in [-0.3, -0.25) is 4.79 Å². The number of amides is 1. The lowest BCUT2D eigenvalue weighted by atomic mass is 10.2. The first kappa shape index (κ1) is 19.7. The zero-order valence-corrected chi connectivity index (χ0v) is 16.6. The van der Waals surface area contributed by atoms with Crippen molar-refractivity contribution < 1.29 is 14.3 Å². The Balaban J connectivity index is 1.43. The summed E-state index contributed by atoms with van der Waals surface area (Å²) in [5.74, 6) is 1.81. The molecule has 1 aliphatic rings. The highest BCUT2D eigenvalue weighted by molar-refractivity contribution is 7.99. The number of nitrogens with zero attached hydrogens (tertiary/aromatic N) is 3. The van der Waals surface area contributed by atoms with E-state index in [0.29, 0.717) is 24.1 Å². The summed E-state index contributed by atoms with van der Waals surface area (Å²) in [5, 5.41) is 11.9. The monoisotopic (exact) mass is 390 g/mol. The first-order chi connectivity index (χ1) is 13.2. The minimum Gasteiger partial charge on any atom is -0.486 e. The molecule has 2 heterocycles. The average Bonchev–Trinajstić information content (AvgIpc) is 3.33. The molecule has 1 aromatic heterocycles. The second kappa shape index (κ2) is 9.75. The maximum absolute atomic E-state index is 12.0. The second-order valence-corrected chi connectivity index (χ2v) is 7.41. The standard InChI is InChI=1S/C19H26N4O3S/c1-3-14-6-8-15(9-7-14)26-12-17-21-22-19(23(17)2)27-13-18(24)20-11-16-5-4-10-25-16/h6-9,16H,3-5,10-13H2,1-2H3,(H,20,24)/t16-/m0/s1. The number of aryl methyl sites for hydroxylation is 1. The summed E-state index contributed by atoms with van der Waals surface area (Å²) >= 11 is 1.37. The van der Waals surface area contributed by atoms with Crippen molar-refractivity contribution in [3.8, 4) is 5.75 Å². The van der Waals surface area contributed by atoms with E-state index in [1.165, 1.54) is 17.3 Å². The molecule has 1 saturated heterocycles. The van der Waals surface area contributed by atoms with Crippen molar-refractivity contribution in [1.82, 2.24) is 20.1 Å². The first-order valence-corrected chi connectivity index (χ1v) is 10.3. The Labute approximate surface area is 163 Å². The molecule has 0 saturated carbocycles. The summed E-state index contributed by atoms with van der Waals surface area (Å²) in [4.78, 5) is 12.0. The molecular formula is C19H26N4O3S. The summed E-state index contributed by atoms with van der Waals surface area (Å²) in [7, 11) is 1.88. The van der Waals surface area contributed by atoms with Crippen LogP contribution in [0.3, 0.4) is 0 Å². The molecule has 1 fully saturated rings. The van der Waals surface area contributed by atoms with E-state index in [-0.39, 0.29) is 12.0 Å². The van der Waals surface area contributed by atoms with E-state index in [4.69, 9.17) is 9.47 Å². The van der Waals surface area contributed by atoms with Gasteiger partial charge in [-0.1, -0.05) is 30.8 Å². The van der Waals surface area contributed by atoms with Crippen molar-refractivity contribution in [3.63, 3.8) is 0 Å². The summed E-state index contributed by atoms with van der Waals surface area (Å²) in [6.45, 7) is 3.83. The van der Waals surface area contributed by atoms with Crippen molar-refractivity contribution in [3.05, 3.63) is 35.7 Å². The zero-order valence-electron chi connectivity index (χ0n) is 15.8. The molecule has 146 valence electrons. The van der Waals surface area contributed by atoms with Crippen LogP contribution in [0.15, 0.2) is 29.4 Å². The van der Waals surface area contributed by atoms with E-state index in [2.05, 4.69) is 34.6 Å².